The normalized spacial score (nSPS) is 11.3. The van der Waals surface area contributed by atoms with Crippen molar-refractivity contribution in [3.05, 3.63) is 48.0 Å². The molecule has 0 saturated carbocycles. The lowest BCUT2D eigenvalue weighted by molar-refractivity contribution is -0.113. The predicted molar refractivity (Wildman–Crippen MR) is 78.5 cm³/mol. The Hall–Kier alpha value is -2.10. The fourth-order valence-corrected chi connectivity index (χ4v) is 1.47. The zero-order valence-corrected chi connectivity index (χ0v) is 12.2. The van der Waals surface area contributed by atoms with Crippen LogP contribution in [0.15, 0.2) is 42.5 Å². The van der Waals surface area contributed by atoms with Gasteiger partial charge in [0.2, 0.25) is 0 Å². The summed E-state index contributed by atoms with van der Waals surface area (Å²) in [7, 11) is 0. The number of ether oxygens (including phenoxy) is 1. The molecule has 0 aliphatic heterocycles. The molecule has 20 heavy (non-hydrogen) atoms. The Morgan fingerprint density at radius 2 is 1.85 bits per heavy atom. The number of allylic oxidation sites excluding steroid dienone is 1. The molecule has 0 atom stereocenters. The number of carbonyl (C=O) groups excluding carboxylic acids is 2. The van der Waals surface area contributed by atoms with E-state index in [0.717, 1.165) is 5.56 Å². The van der Waals surface area contributed by atoms with E-state index < -0.39 is 11.7 Å². The van der Waals surface area contributed by atoms with Crippen molar-refractivity contribution in [3.63, 3.8) is 0 Å². The molecule has 1 amide bonds. The van der Waals surface area contributed by atoms with Gasteiger partial charge in [-0.3, -0.25) is 4.79 Å². The number of amides is 1. The minimum atomic E-state index is -0.581. The second-order valence-electron chi connectivity index (χ2n) is 5.41. The van der Waals surface area contributed by atoms with Crippen LogP contribution in [-0.2, 0) is 16.0 Å². The average molecular weight is 275 g/mol. The molecule has 4 nitrogen and oxygen atoms in total. The van der Waals surface area contributed by atoms with E-state index in [-0.39, 0.29) is 12.3 Å². The van der Waals surface area contributed by atoms with Gasteiger partial charge < -0.3 is 10.1 Å². The number of hydrogen-bond donors (Lipinski definition) is 1. The van der Waals surface area contributed by atoms with Gasteiger partial charge in [-0.1, -0.05) is 36.4 Å². The second-order valence-corrected chi connectivity index (χ2v) is 5.41. The molecular weight excluding hydrogens is 254 g/mol. The van der Waals surface area contributed by atoms with E-state index in [4.69, 9.17) is 4.74 Å². The zero-order valence-electron chi connectivity index (χ0n) is 12.2. The minimum Gasteiger partial charge on any atom is -0.444 e. The maximum absolute atomic E-state index is 11.5. The first-order chi connectivity index (χ1) is 9.37. The quantitative estimate of drug-likeness (QED) is 0.841. The van der Waals surface area contributed by atoms with E-state index in [0.29, 0.717) is 6.42 Å². The largest absolute Gasteiger partial charge is 0.444 e. The van der Waals surface area contributed by atoms with Crippen molar-refractivity contribution in [2.45, 2.75) is 32.8 Å². The van der Waals surface area contributed by atoms with E-state index in [1.54, 1.807) is 26.8 Å². The first-order valence-electron chi connectivity index (χ1n) is 6.57. The van der Waals surface area contributed by atoms with Crippen LogP contribution in [-0.4, -0.2) is 24.0 Å². The van der Waals surface area contributed by atoms with Crippen molar-refractivity contribution in [1.82, 2.24) is 5.32 Å². The second kappa shape index (κ2) is 7.48. The molecule has 0 aromatic heterocycles. The molecular formula is C16H21NO3. The standard InChI is InChI=1S/C16H21NO3/c1-16(2,3)20-15(19)17-12-14(18)11-7-10-13-8-5-4-6-9-13/h4-9,11H,10,12H2,1-3H3,(H,17,19). The Kier molecular flexibility index (Phi) is 5.97. The minimum absolute atomic E-state index is 0.0554. The summed E-state index contributed by atoms with van der Waals surface area (Å²) in [4.78, 5) is 22.9. The monoisotopic (exact) mass is 275 g/mol. The number of carbonyl (C=O) groups is 2. The summed E-state index contributed by atoms with van der Waals surface area (Å²) in [5.74, 6) is -0.160. The number of benzene rings is 1. The Morgan fingerprint density at radius 1 is 1.20 bits per heavy atom. The van der Waals surface area contributed by atoms with Crippen LogP contribution in [0.4, 0.5) is 4.79 Å². The molecule has 1 aromatic carbocycles. The van der Waals surface area contributed by atoms with Gasteiger partial charge in [0.25, 0.3) is 0 Å². The van der Waals surface area contributed by atoms with Crippen LogP contribution >= 0.6 is 0 Å². The summed E-state index contributed by atoms with van der Waals surface area (Å²) >= 11 is 0. The van der Waals surface area contributed by atoms with Crippen molar-refractivity contribution in [3.8, 4) is 0 Å². The van der Waals surface area contributed by atoms with E-state index in [2.05, 4.69) is 5.32 Å². The molecule has 0 heterocycles. The Balaban J connectivity index is 2.28. The molecule has 1 aromatic rings. The summed E-state index contributed by atoms with van der Waals surface area (Å²) in [6, 6.07) is 9.84. The first-order valence-corrected chi connectivity index (χ1v) is 6.57. The number of nitrogens with one attached hydrogen (secondary N) is 1. The lowest BCUT2D eigenvalue weighted by Gasteiger charge is -2.19. The van der Waals surface area contributed by atoms with E-state index >= 15 is 0 Å². The zero-order chi connectivity index (χ0) is 15.0. The van der Waals surface area contributed by atoms with Gasteiger partial charge in [0, 0.05) is 0 Å². The molecule has 0 spiro atoms. The molecule has 0 fully saturated rings. The summed E-state index contributed by atoms with van der Waals surface area (Å²) in [6.45, 7) is 5.26. The molecule has 1 rings (SSSR count). The SMILES string of the molecule is CC(C)(C)OC(=O)NCC(=O)C=CCc1ccccc1. The molecule has 0 bridgehead atoms. The van der Waals surface area contributed by atoms with Gasteiger partial charge in [-0.2, -0.15) is 0 Å². The maximum atomic E-state index is 11.5. The summed E-state index contributed by atoms with van der Waals surface area (Å²) in [6.07, 6.45) is 3.37. The van der Waals surface area contributed by atoms with Gasteiger partial charge in [-0.25, -0.2) is 4.79 Å². The fourth-order valence-electron chi connectivity index (χ4n) is 1.47. The van der Waals surface area contributed by atoms with Crippen molar-refractivity contribution < 1.29 is 14.3 Å². The van der Waals surface area contributed by atoms with Gasteiger partial charge in [-0.05, 0) is 38.8 Å². The number of rotatable bonds is 5. The van der Waals surface area contributed by atoms with Crippen molar-refractivity contribution in [2.24, 2.45) is 0 Å². The van der Waals surface area contributed by atoms with E-state index in [1.807, 2.05) is 30.3 Å². The summed E-state index contributed by atoms with van der Waals surface area (Å²) in [5, 5.41) is 2.43. The van der Waals surface area contributed by atoms with Crippen LogP contribution in [0.3, 0.4) is 0 Å². The summed E-state index contributed by atoms with van der Waals surface area (Å²) < 4.78 is 5.04. The van der Waals surface area contributed by atoms with Crippen LogP contribution in [0, 0.1) is 0 Å². The van der Waals surface area contributed by atoms with Crippen LogP contribution in [0.5, 0.6) is 0 Å². The van der Waals surface area contributed by atoms with Crippen molar-refractivity contribution in [1.29, 1.82) is 0 Å². The summed E-state index contributed by atoms with van der Waals surface area (Å²) in [5.41, 5.74) is 0.577. The van der Waals surface area contributed by atoms with Gasteiger partial charge >= 0.3 is 6.09 Å². The van der Waals surface area contributed by atoms with Crippen LogP contribution in [0.1, 0.15) is 26.3 Å². The average Bonchev–Trinajstić information content (AvgIpc) is 2.36. The van der Waals surface area contributed by atoms with E-state index in [9.17, 15) is 9.59 Å². The van der Waals surface area contributed by atoms with Gasteiger partial charge in [0.15, 0.2) is 5.78 Å². The van der Waals surface area contributed by atoms with Gasteiger partial charge in [0.05, 0.1) is 6.54 Å². The molecule has 0 unspecified atom stereocenters. The number of hydrogen-bond acceptors (Lipinski definition) is 3. The lowest BCUT2D eigenvalue weighted by atomic mass is 10.1. The van der Waals surface area contributed by atoms with E-state index in [1.165, 1.54) is 6.08 Å². The Bertz CT molecular complexity index is 472. The van der Waals surface area contributed by atoms with Crippen molar-refractivity contribution >= 4 is 11.9 Å². The van der Waals surface area contributed by atoms with Crippen LogP contribution < -0.4 is 5.32 Å². The van der Waals surface area contributed by atoms with Crippen LogP contribution in [0.25, 0.3) is 0 Å². The topological polar surface area (TPSA) is 55.4 Å². The fraction of sp³-hybridized carbons (Fsp3) is 0.375. The van der Waals surface area contributed by atoms with Gasteiger partial charge in [0.1, 0.15) is 5.60 Å². The molecule has 0 radical (unpaired) electrons. The molecule has 4 heteroatoms. The first kappa shape index (κ1) is 16.0. The van der Waals surface area contributed by atoms with Gasteiger partial charge in [-0.15, -0.1) is 0 Å². The Morgan fingerprint density at radius 3 is 2.45 bits per heavy atom. The number of ketones is 1. The Labute approximate surface area is 119 Å². The highest BCUT2D eigenvalue weighted by atomic mass is 16.6. The molecule has 108 valence electrons. The third-order valence-electron chi connectivity index (χ3n) is 2.31. The third-order valence-corrected chi connectivity index (χ3v) is 2.31. The third kappa shape index (κ3) is 7.36. The smallest absolute Gasteiger partial charge is 0.408 e. The molecule has 0 saturated heterocycles. The highest BCUT2D eigenvalue weighted by molar-refractivity contribution is 5.93. The lowest BCUT2D eigenvalue weighted by Crippen LogP contribution is -2.35. The maximum Gasteiger partial charge on any atom is 0.408 e. The van der Waals surface area contributed by atoms with Crippen molar-refractivity contribution in [2.75, 3.05) is 6.54 Å². The highest BCUT2D eigenvalue weighted by Crippen LogP contribution is 2.06. The molecule has 0 aliphatic carbocycles. The number of alkyl carbamates (subject to hydrolysis) is 1. The predicted octanol–water partition coefficient (Wildman–Crippen LogP) is 2.88. The highest BCUT2D eigenvalue weighted by Gasteiger charge is 2.15. The molecule has 0 aliphatic rings. The van der Waals surface area contributed by atoms with Crippen LogP contribution in [0.2, 0.25) is 0 Å². The molecule has 1 N–H and O–H groups in total.